The number of benzene rings is 3. The number of ether oxygens (including phenoxy) is 1. The number of carbonyl (C=O) groups is 2. The van der Waals surface area contributed by atoms with Crippen molar-refractivity contribution in [1.29, 1.82) is 0 Å². The molecule has 0 saturated heterocycles. The molecule has 3 aromatic carbocycles. The van der Waals surface area contributed by atoms with E-state index in [9.17, 15) is 9.59 Å². The number of carbonyl (C=O) groups excluding carboxylic acids is 2. The van der Waals surface area contributed by atoms with E-state index in [1.165, 1.54) is 0 Å². The van der Waals surface area contributed by atoms with Crippen molar-refractivity contribution in [3.05, 3.63) is 102 Å². The van der Waals surface area contributed by atoms with Crippen LogP contribution >= 0.6 is 0 Å². The summed E-state index contributed by atoms with van der Waals surface area (Å²) in [6.07, 6.45) is 2.38. The van der Waals surface area contributed by atoms with E-state index >= 15 is 0 Å². The highest BCUT2D eigenvalue weighted by Gasteiger charge is 2.10. The second kappa shape index (κ2) is 8.44. The number of aldehydes is 1. The first-order chi connectivity index (χ1) is 14.2. The molecule has 0 saturated carbocycles. The molecule has 0 atom stereocenters. The Morgan fingerprint density at radius 2 is 1.90 bits per heavy atom. The number of amides is 1. The Morgan fingerprint density at radius 1 is 1.00 bits per heavy atom. The number of fused-ring (bicyclic) bond motifs is 1. The quantitative estimate of drug-likeness (QED) is 0.466. The van der Waals surface area contributed by atoms with E-state index in [0.717, 1.165) is 22.6 Å². The van der Waals surface area contributed by atoms with Crippen LogP contribution in [-0.2, 0) is 13.2 Å². The summed E-state index contributed by atoms with van der Waals surface area (Å²) in [6.45, 7) is 0.574. The maximum absolute atomic E-state index is 12.4. The molecule has 0 aliphatic heterocycles. The van der Waals surface area contributed by atoms with Crippen molar-refractivity contribution < 1.29 is 18.7 Å². The molecule has 1 heterocycles. The lowest BCUT2D eigenvalue weighted by molar-refractivity contribution is 0.0947. The number of hydrogen-bond acceptors (Lipinski definition) is 4. The molecule has 0 unspecified atom stereocenters. The zero-order chi connectivity index (χ0) is 20.1. The fourth-order valence-corrected chi connectivity index (χ4v) is 3.17. The van der Waals surface area contributed by atoms with Gasteiger partial charge in [-0.2, -0.15) is 0 Å². The maximum Gasteiger partial charge on any atom is 0.251 e. The average molecular weight is 385 g/mol. The Bertz CT molecular complexity index is 1150. The van der Waals surface area contributed by atoms with Gasteiger partial charge in [0.25, 0.3) is 5.91 Å². The van der Waals surface area contributed by atoms with Gasteiger partial charge in [-0.1, -0.05) is 42.5 Å². The summed E-state index contributed by atoms with van der Waals surface area (Å²) in [5.41, 5.74) is 1.89. The van der Waals surface area contributed by atoms with Crippen molar-refractivity contribution in [3.63, 3.8) is 0 Å². The Labute approximate surface area is 167 Å². The zero-order valence-electron chi connectivity index (χ0n) is 15.6. The predicted octanol–water partition coefficient (Wildman–Crippen LogP) is 4.75. The summed E-state index contributed by atoms with van der Waals surface area (Å²) in [5, 5.41) is 4.66. The van der Waals surface area contributed by atoms with Crippen LogP contribution in [0.3, 0.4) is 0 Å². The van der Waals surface area contributed by atoms with E-state index in [4.69, 9.17) is 9.15 Å². The summed E-state index contributed by atoms with van der Waals surface area (Å²) in [7, 11) is 0. The van der Waals surface area contributed by atoms with Gasteiger partial charge in [-0.15, -0.1) is 0 Å². The second-order valence-corrected chi connectivity index (χ2v) is 6.57. The molecule has 0 fully saturated rings. The molecule has 0 aliphatic carbocycles. The SMILES string of the molecule is O=Cc1c(OCc2cccc(C(=O)NCc3ccco3)c2)ccc2ccccc12. The lowest BCUT2D eigenvalue weighted by Gasteiger charge is -2.11. The first-order valence-electron chi connectivity index (χ1n) is 9.24. The summed E-state index contributed by atoms with van der Waals surface area (Å²) < 4.78 is 11.1. The van der Waals surface area contributed by atoms with Gasteiger partial charge in [0.15, 0.2) is 6.29 Å². The highest BCUT2D eigenvalue weighted by molar-refractivity contribution is 6.00. The van der Waals surface area contributed by atoms with Gasteiger partial charge in [-0.3, -0.25) is 9.59 Å². The smallest absolute Gasteiger partial charge is 0.251 e. The molecular formula is C24H19NO4. The molecule has 0 spiro atoms. The molecule has 4 aromatic rings. The molecule has 5 nitrogen and oxygen atoms in total. The predicted molar refractivity (Wildman–Crippen MR) is 110 cm³/mol. The van der Waals surface area contributed by atoms with E-state index in [2.05, 4.69) is 5.32 Å². The monoisotopic (exact) mass is 385 g/mol. The molecule has 0 aliphatic rings. The van der Waals surface area contributed by atoms with Crippen molar-refractivity contribution in [2.24, 2.45) is 0 Å². The highest BCUT2D eigenvalue weighted by atomic mass is 16.5. The minimum Gasteiger partial charge on any atom is -0.488 e. The third-order valence-electron chi connectivity index (χ3n) is 4.64. The van der Waals surface area contributed by atoms with Gasteiger partial charge in [0, 0.05) is 5.56 Å². The fourth-order valence-electron chi connectivity index (χ4n) is 3.17. The lowest BCUT2D eigenvalue weighted by atomic mass is 10.0. The second-order valence-electron chi connectivity index (χ2n) is 6.57. The van der Waals surface area contributed by atoms with Crippen LogP contribution < -0.4 is 10.1 Å². The van der Waals surface area contributed by atoms with Gasteiger partial charge < -0.3 is 14.5 Å². The van der Waals surface area contributed by atoms with Crippen LogP contribution in [-0.4, -0.2) is 12.2 Å². The van der Waals surface area contributed by atoms with Crippen LogP contribution in [0.4, 0.5) is 0 Å². The third kappa shape index (κ3) is 4.19. The Kier molecular flexibility index (Phi) is 5.38. The van der Waals surface area contributed by atoms with Crippen LogP contribution in [0.5, 0.6) is 5.75 Å². The van der Waals surface area contributed by atoms with Crippen LogP contribution in [0.2, 0.25) is 0 Å². The van der Waals surface area contributed by atoms with E-state index in [1.807, 2.05) is 42.5 Å². The van der Waals surface area contributed by atoms with Crippen molar-refractivity contribution >= 4 is 23.0 Å². The van der Waals surface area contributed by atoms with Gasteiger partial charge in [0.05, 0.1) is 18.4 Å². The molecule has 4 rings (SSSR count). The van der Waals surface area contributed by atoms with E-state index in [1.54, 1.807) is 36.6 Å². The number of hydrogen-bond donors (Lipinski definition) is 1. The molecule has 144 valence electrons. The van der Waals surface area contributed by atoms with Crippen molar-refractivity contribution in [2.75, 3.05) is 0 Å². The topological polar surface area (TPSA) is 68.5 Å². The number of rotatable bonds is 7. The number of furan rings is 1. The first kappa shape index (κ1) is 18.5. The molecule has 0 radical (unpaired) electrons. The standard InChI is InChI=1S/C24H19NO4/c26-15-22-21-9-2-1-6-18(21)10-11-23(22)29-16-17-5-3-7-19(13-17)24(27)25-14-20-8-4-12-28-20/h1-13,15H,14,16H2,(H,25,27). The molecule has 5 heteroatoms. The van der Waals surface area contributed by atoms with Crippen molar-refractivity contribution in [2.45, 2.75) is 13.2 Å². The van der Waals surface area contributed by atoms with E-state index in [-0.39, 0.29) is 12.5 Å². The maximum atomic E-state index is 12.4. The van der Waals surface area contributed by atoms with Crippen molar-refractivity contribution in [1.82, 2.24) is 5.32 Å². The van der Waals surface area contributed by atoms with Crippen LogP contribution in [0, 0.1) is 0 Å². The van der Waals surface area contributed by atoms with Crippen LogP contribution in [0.1, 0.15) is 32.0 Å². The molecule has 29 heavy (non-hydrogen) atoms. The Morgan fingerprint density at radius 3 is 2.72 bits per heavy atom. The molecule has 1 aromatic heterocycles. The third-order valence-corrected chi connectivity index (χ3v) is 4.64. The molecule has 1 N–H and O–H groups in total. The summed E-state index contributed by atoms with van der Waals surface area (Å²) in [5.74, 6) is 1.02. The minimum atomic E-state index is -0.192. The Balaban J connectivity index is 1.46. The largest absolute Gasteiger partial charge is 0.488 e. The van der Waals surface area contributed by atoms with Crippen LogP contribution in [0.15, 0.2) is 83.5 Å². The van der Waals surface area contributed by atoms with Gasteiger partial charge in [-0.05, 0) is 46.7 Å². The average Bonchev–Trinajstić information content (AvgIpc) is 3.29. The van der Waals surface area contributed by atoms with Gasteiger partial charge in [-0.25, -0.2) is 0 Å². The summed E-state index contributed by atoms with van der Waals surface area (Å²) >= 11 is 0. The normalized spacial score (nSPS) is 10.6. The minimum absolute atomic E-state index is 0.192. The lowest BCUT2D eigenvalue weighted by Crippen LogP contribution is -2.22. The van der Waals surface area contributed by atoms with Crippen molar-refractivity contribution in [3.8, 4) is 5.75 Å². The highest BCUT2D eigenvalue weighted by Crippen LogP contribution is 2.27. The Hall–Kier alpha value is -3.86. The molecular weight excluding hydrogens is 366 g/mol. The summed E-state index contributed by atoms with van der Waals surface area (Å²) in [6, 6.07) is 22.2. The fraction of sp³-hybridized carbons (Fsp3) is 0.0833. The summed E-state index contributed by atoms with van der Waals surface area (Å²) in [4.78, 5) is 24.0. The first-order valence-corrected chi connectivity index (χ1v) is 9.24. The van der Waals surface area contributed by atoms with Gasteiger partial charge >= 0.3 is 0 Å². The zero-order valence-corrected chi connectivity index (χ0v) is 15.6. The number of nitrogens with one attached hydrogen (secondary N) is 1. The molecule has 1 amide bonds. The van der Waals surface area contributed by atoms with Gasteiger partial charge in [0.1, 0.15) is 18.1 Å². The van der Waals surface area contributed by atoms with E-state index < -0.39 is 0 Å². The molecule has 0 bridgehead atoms. The van der Waals surface area contributed by atoms with Crippen LogP contribution in [0.25, 0.3) is 10.8 Å². The van der Waals surface area contributed by atoms with E-state index in [0.29, 0.717) is 29.2 Å². The van der Waals surface area contributed by atoms with Gasteiger partial charge in [0.2, 0.25) is 0 Å².